The SMILES string of the molecule is CC[C@H]1CC[C@H](NCc2cc(-c3ccc(OC)c(CN[C@H]4CC[C@H](N(C)C(=O)OC(C)(C)C)CC4)c3)ccc2OC)CC1. The van der Waals surface area contributed by atoms with Gasteiger partial charge in [-0.05, 0) is 113 Å². The van der Waals surface area contributed by atoms with E-state index in [9.17, 15) is 4.79 Å². The maximum atomic E-state index is 12.5. The van der Waals surface area contributed by atoms with Gasteiger partial charge in [-0.1, -0.05) is 25.5 Å². The van der Waals surface area contributed by atoms with Gasteiger partial charge < -0.3 is 29.7 Å². The average Bonchev–Trinajstić information content (AvgIpc) is 3.01. The zero-order valence-corrected chi connectivity index (χ0v) is 27.6. The number of benzene rings is 2. The number of methoxy groups -OCH3 is 2. The van der Waals surface area contributed by atoms with E-state index in [1.165, 1.54) is 48.8 Å². The van der Waals surface area contributed by atoms with Crippen LogP contribution in [0, 0.1) is 5.92 Å². The molecule has 0 spiro atoms. The Kier molecular flexibility index (Phi) is 11.8. The Morgan fingerprint density at radius 3 is 1.67 bits per heavy atom. The van der Waals surface area contributed by atoms with Crippen molar-refractivity contribution in [3.05, 3.63) is 47.5 Å². The van der Waals surface area contributed by atoms with E-state index < -0.39 is 5.60 Å². The van der Waals surface area contributed by atoms with Crippen molar-refractivity contribution in [3.8, 4) is 22.6 Å². The zero-order valence-electron chi connectivity index (χ0n) is 27.6. The van der Waals surface area contributed by atoms with E-state index in [1.54, 1.807) is 19.1 Å². The quantitative estimate of drug-likeness (QED) is 0.278. The average molecular weight is 594 g/mol. The predicted octanol–water partition coefficient (Wildman–Crippen LogP) is 7.70. The first-order chi connectivity index (χ1) is 20.6. The van der Waals surface area contributed by atoms with Crippen LogP contribution in [0.5, 0.6) is 11.5 Å². The molecule has 2 aliphatic rings. The van der Waals surface area contributed by atoms with E-state index in [1.807, 2.05) is 27.8 Å². The Hall–Kier alpha value is -2.77. The Bertz CT molecular complexity index is 1180. The largest absolute Gasteiger partial charge is 0.496 e. The van der Waals surface area contributed by atoms with Gasteiger partial charge >= 0.3 is 6.09 Å². The maximum Gasteiger partial charge on any atom is 0.410 e. The second-order valence-electron chi connectivity index (χ2n) is 13.5. The highest BCUT2D eigenvalue weighted by Crippen LogP contribution is 2.32. The predicted molar refractivity (Wildman–Crippen MR) is 175 cm³/mol. The molecule has 2 N–H and O–H groups in total. The van der Waals surface area contributed by atoms with Gasteiger partial charge in [0.1, 0.15) is 17.1 Å². The first kappa shape index (κ1) is 33.1. The van der Waals surface area contributed by atoms with E-state index in [-0.39, 0.29) is 12.1 Å². The lowest BCUT2D eigenvalue weighted by Gasteiger charge is -2.36. The molecule has 2 aromatic rings. The molecule has 7 nitrogen and oxygen atoms in total. The van der Waals surface area contributed by atoms with Crippen LogP contribution in [0.25, 0.3) is 11.1 Å². The van der Waals surface area contributed by atoms with Crippen LogP contribution in [-0.2, 0) is 17.8 Å². The van der Waals surface area contributed by atoms with Crippen LogP contribution in [0.1, 0.15) is 96.6 Å². The molecule has 0 heterocycles. The zero-order chi connectivity index (χ0) is 31.0. The molecule has 43 heavy (non-hydrogen) atoms. The summed E-state index contributed by atoms with van der Waals surface area (Å²) in [5, 5.41) is 7.58. The molecule has 4 rings (SSSR count). The number of hydrogen-bond donors (Lipinski definition) is 2. The van der Waals surface area contributed by atoms with Crippen molar-refractivity contribution in [3.63, 3.8) is 0 Å². The minimum atomic E-state index is -0.477. The molecule has 0 aromatic heterocycles. The van der Waals surface area contributed by atoms with Crippen LogP contribution in [0.15, 0.2) is 36.4 Å². The monoisotopic (exact) mass is 593 g/mol. The Labute approximate surface area is 260 Å². The van der Waals surface area contributed by atoms with Crippen LogP contribution in [0.2, 0.25) is 0 Å². The lowest BCUT2D eigenvalue weighted by atomic mass is 9.84. The number of ether oxygens (including phenoxy) is 3. The van der Waals surface area contributed by atoms with Crippen molar-refractivity contribution in [1.29, 1.82) is 0 Å². The lowest BCUT2D eigenvalue weighted by Crippen LogP contribution is -2.44. The summed E-state index contributed by atoms with van der Waals surface area (Å²) in [4.78, 5) is 14.3. The summed E-state index contributed by atoms with van der Waals surface area (Å²) < 4.78 is 17.1. The normalized spacial score (nSPS) is 22.6. The van der Waals surface area contributed by atoms with E-state index in [2.05, 4.69) is 54.0 Å². The van der Waals surface area contributed by atoms with Crippen molar-refractivity contribution in [1.82, 2.24) is 15.5 Å². The van der Waals surface area contributed by atoms with Crippen molar-refractivity contribution < 1.29 is 19.0 Å². The fraction of sp³-hybridized carbons (Fsp3) is 0.639. The molecule has 2 saturated carbocycles. The van der Waals surface area contributed by atoms with Crippen LogP contribution < -0.4 is 20.1 Å². The Balaban J connectivity index is 1.36. The molecule has 0 bridgehead atoms. The topological polar surface area (TPSA) is 72.1 Å². The molecule has 0 unspecified atom stereocenters. The number of amides is 1. The van der Waals surface area contributed by atoms with Crippen molar-refractivity contribution >= 4 is 6.09 Å². The number of nitrogens with zero attached hydrogens (tertiary/aromatic N) is 1. The highest BCUT2D eigenvalue weighted by molar-refractivity contribution is 5.68. The van der Waals surface area contributed by atoms with E-state index in [0.717, 1.165) is 61.8 Å². The number of carbonyl (C=O) groups is 1. The maximum absolute atomic E-state index is 12.5. The molecule has 238 valence electrons. The third kappa shape index (κ3) is 9.36. The second kappa shape index (κ2) is 15.3. The lowest BCUT2D eigenvalue weighted by molar-refractivity contribution is 0.0179. The third-order valence-electron chi connectivity index (χ3n) is 9.41. The summed E-state index contributed by atoms with van der Waals surface area (Å²) in [6, 6.07) is 14.2. The molecule has 1 amide bonds. The first-order valence-electron chi connectivity index (χ1n) is 16.4. The molecule has 0 aliphatic heterocycles. The minimum absolute atomic E-state index is 0.218. The van der Waals surface area contributed by atoms with Gasteiger partial charge in [0.2, 0.25) is 0 Å². The van der Waals surface area contributed by atoms with E-state index in [0.29, 0.717) is 12.1 Å². The Morgan fingerprint density at radius 2 is 1.26 bits per heavy atom. The summed E-state index contributed by atoms with van der Waals surface area (Å²) in [5.74, 6) is 2.73. The first-order valence-corrected chi connectivity index (χ1v) is 16.4. The number of rotatable bonds is 11. The standard InChI is InChI=1S/C36H55N3O4/c1-8-25-9-13-30(14-10-25)37-23-28-21-26(11-19-33(28)41-6)27-12-20-34(42-7)29(22-27)24-38-31-15-17-32(18-16-31)39(5)35(40)43-36(2,3)4/h11-12,19-22,25,30-32,37-38H,8-10,13-18,23-24H2,1-7H3/t25-,30-,31-,32-. The van der Waals surface area contributed by atoms with Gasteiger partial charge in [0.25, 0.3) is 0 Å². The molecule has 0 saturated heterocycles. The Morgan fingerprint density at radius 1 is 0.791 bits per heavy atom. The molecular formula is C36H55N3O4. The third-order valence-corrected chi connectivity index (χ3v) is 9.41. The number of carbonyl (C=O) groups excluding carboxylic acids is 1. The van der Waals surface area contributed by atoms with Gasteiger partial charge in [-0.25, -0.2) is 4.79 Å². The number of nitrogens with one attached hydrogen (secondary N) is 2. The van der Waals surface area contributed by atoms with Crippen molar-refractivity contribution in [2.75, 3.05) is 21.3 Å². The second-order valence-corrected chi connectivity index (χ2v) is 13.5. The molecule has 0 radical (unpaired) electrons. The summed E-state index contributed by atoms with van der Waals surface area (Å²) in [6.45, 7) is 9.59. The smallest absolute Gasteiger partial charge is 0.410 e. The molecule has 2 aromatic carbocycles. The minimum Gasteiger partial charge on any atom is -0.496 e. The van der Waals surface area contributed by atoms with Gasteiger partial charge in [-0.2, -0.15) is 0 Å². The van der Waals surface area contributed by atoms with Crippen LogP contribution in [0.3, 0.4) is 0 Å². The van der Waals surface area contributed by atoms with Crippen molar-refractivity contribution in [2.45, 2.75) is 122 Å². The summed E-state index contributed by atoms with van der Waals surface area (Å²) in [5.41, 5.74) is 4.22. The van der Waals surface area contributed by atoms with Gasteiger partial charge in [0.05, 0.1) is 14.2 Å². The van der Waals surface area contributed by atoms with Gasteiger partial charge in [-0.3, -0.25) is 0 Å². The van der Waals surface area contributed by atoms with Gasteiger partial charge in [-0.15, -0.1) is 0 Å². The van der Waals surface area contributed by atoms with Crippen molar-refractivity contribution in [2.24, 2.45) is 5.92 Å². The highest BCUT2D eigenvalue weighted by Gasteiger charge is 2.29. The van der Waals surface area contributed by atoms with E-state index >= 15 is 0 Å². The van der Waals surface area contributed by atoms with Gasteiger partial charge in [0, 0.05) is 49.4 Å². The summed E-state index contributed by atoms with van der Waals surface area (Å²) >= 11 is 0. The van der Waals surface area contributed by atoms with E-state index in [4.69, 9.17) is 14.2 Å². The fourth-order valence-corrected chi connectivity index (χ4v) is 6.63. The molecule has 2 aliphatic carbocycles. The van der Waals surface area contributed by atoms with Crippen LogP contribution >= 0.6 is 0 Å². The number of hydrogen-bond acceptors (Lipinski definition) is 6. The summed E-state index contributed by atoms with van der Waals surface area (Å²) in [7, 11) is 5.35. The van der Waals surface area contributed by atoms with Gasteiger partial charge in [0.15, 0.2) is 0 Å². The molecule has 0 atom stereocenters. The highest BCUT2D eigenvalue weighted by atomic mass is 16.6. The molecular weight excluding hydrogens is 538 g/mol. The molecule has 2 fully saturated rings. The summed E-state index contributed by atoms with van der Waals surface area (Å²) in [6.07, 6.45) is 10.2. The fourth-order valence-electron chi connectivity index (χ4n) is 6.63. The van der Waals surface area contributed by atoms with Crippen LogP contribution in [-0.4, -0.2) is 56.0 Å². The molecule has 7 heteroatoms. The van der Waals surface area contributed by atoms with Crippen LogP contribution in [0.4, 0.5) is 4.79 Å².